The van der Waals surface area contributed by atoms with Crippen molar-refractivity contribution in [2.24, 2.45) is 11.7 Å². The number of anilines is 1. The average Bonchev–Trinajstić information content (AvgIpc) is 2.70. The molecule has 27 heavy (non-hydrogen) atoms. The fourth-order valence-electron chi connectivity index (χ4n) is 3.33. The van der Waals surface area contributed by atoms with E-state index in [0.29, 0.717) is 38.0 Å². The Kier molecular flexibility index (Phi) is 6.19. The summed E-state index contributed by atoms with van der Waals surface area (Å²) in [4.78, 5) is 26.7. The smallest absolute Gasteiger partial charge is 0.239 e. The Hall–Kier alpha value is -2.73. The molecule has 2 aromatic carbocycles. The van der Waals surface area contributed by atoms with Crippen molar-refractivity contribution in [1.82, 2.24) is 4.90 Å². The number of amides is 2. The Morgan fingerprint density at radius 3 is 2.33 bits per heavy atom. The molecule has 1 heterocycles. The first-order valence-corrected chi connectivity index (χ1v) is 9.17. The van der Waals surface area contributed by atoms with Gasteiger partial charge in [0.05, 0.1) is 6.04 Å². The van der Waals surface area contributed by atoms with Crippen LogP contribution in [0.15, 0.2) is 54.6 Å². The molecule has 6 heteroatoms. The summed E-state index contributed by atoms with van der Waals surface area (Å²) >= 11 is 0. The van der Waals surface area contributed by atoms with Crippen molar-refractivity contribution >= 4 is 17.5 Å². The van der Waals surface area contributed by atoms with Gasteiger partial charge in [0.1, 0.15) is 5.82 Å². The lowest BCUT2D eigenvalue weighted by Crippen LogP contribution is -2.49. The summed E-state index contributed by atoms with van der Waals surface area (Å²) in [6, 6.07) is 14.8. The van der Waals surface area contributed by atoms with Crippen LogP contribution in [0.1, 0.15) is 18.4 Å². The minimum absolute atomic E-state index is 0.0729. The van der Waals surface area contributed by atoms with Crippen molar-refractivity contribution in [3.05, 3.63) is 66.0 Å². The second-order valence-corrected chi connectivity index (χ2v) is 6.89. The maximum absolute atomic E-state index is 12.9. The molecule has 1 atom stereocenters. The first-order chi connectivity index (χ1) is 13.0. The van der Waals surface area contributed by atoms with Gasteiger partial charge in [0, 0.05) is 24.7 Å². The lowest BCUT2D eigenvalue weighted by Gasteiger charge is -2.33. The molecule has 5 nitrogen and oxygen atoms in total. The van der Waals surface area contributed by atoms with E-state index in [-0.39, 0.29) is 23.5 Å². The normalized spacial score (nSPS) is 16.0. The molecule has 0 aromatic heterocycles. The van der Waals surface area contributed by atoms with Crippen LogP contribution in [-0.4, -0.2) is 35.8 Å². The minimum atomic E-state index is -0.572. The summed E-state index contributed by atoms with van der Waals surface area (Å²) in [6.45, 7) is 1.03. The molecule has 1 aliphatic heterocycles. The highest BCUT2D eigenvalue weighted by Crippen LogP contribution is 2.20. The number of hydrogen-bond acceptors (Lipinski definition) is 3. The molecule has 0 saturated carbocycles. The van der Waals surface area contributed by atoms with Gasteiger partial charge in [0.15, 0.2) is 0 Å². The molecule has 0 radical (unpaired) electrons. The fraction of sp³-hybridized carbons (Fsp3) is 0.333. The van der Waals surface area contributed by atoms with Crippen molar-refractivity contribution in [1.29, 1.82) is 0 Å². The van der Waals surface area contributed by atoms with E-state index in [0.717, 1.165) is 5.56 Å². The van der Waals surface area contributed by atoms with Crippen LogP contribution in [0.4, 0.5) is 10.1 Å². The number of nitrogens with two attached hydrogens (primary N) is 1. The second-order valence-electron chi connectivity index (χ2n) is 6.89. The number of hydrogen-bond donors (Lipinski definition) is 2. The highest BCUT2D eigenvalue weighted by atomic mass is 19.1. The summed E-state index contributed by atoms with van der Waals surface area (Å²) in [5.74, 6) is -0.672. The molecule has 142 valence electrons. The maximum Gasteiger partial charge on any atom is 0.239 e. The summed E-state index contributed by atoms with van der Waals surface area (Å²) < 4.78 is 12.9. The van der Waals surface area contributed by atoms with Gasteiger partial charge in [-0.1, -0.05) is 30.3 Å². The molecule has 1 aliphatic rings. The number of benzene rings is 2. The third-order valence-corrected chi connectivity index (χ3v) is 4.90. The van der Waals surface area contributed by atoms with E-state index in [9.17, 15) is 14.0 Å². The molecule has 0 bridgehead atoms. The Morgan fingerprint density at radius 1 is 1.07 bits per heavy atom. The van der Waals surface area contributed by atoms with Crippen LogP contribution in [-0.2, 0) is 16.0 Å². The number of nitrogens with zero attached hydrogens (tertiary/aromatic N) is 1. The Bertz CT molecular complexity index is 772. The summed E-state index contributed by atoms with van der Waals surface area (Å²) in [6.07, 6.45) is 1.69. The standard InChI is InChI=1S/C21H24FN3O2/c22-17-6-8-18(9-7-17)24-20(26)16-10-12-25(13-11-16)21(27)19(23)14-15-4-2-1-3-5-15/h1-9,16,19H,10-14,23H2,(H,24,26)/t19-/m0/s1. The predicted molar refractivity (Wildman–Crippen MR) is 102 cm³/mol. The third kappa shape index (κ3) is 5.14. The van der Waals surface area contributed by atoms with Crippen LogP contribution in [0.25, 0.3) is 0 Å². The molecule has 1 saturated heterocycles. The Balaban J connectivity index is 1.48. The molecule has 0 aliphatic carbocycles. The largest absolute Gasteiger partial charge is 0.341 e. The molecule has 0 spiro atoms. The Labute approximate surface area is 158 Å². The van der Waals surface area contributed by atoms with Crippen molar-refractivity contribution in [2.45, 2.75) is 25.3 Å². The van der Waals surface area contributed by atoms with Gasteiger partial charge in [-0.25, -0.2) is 4.39 Å². The number of carbonyl (C=O) groups excluding carboxylic acids is 2. The van der Waals surface area contributed by atoms with E-state index in [1.807, 2.05) is 30.3 Å². The van der Waals surface area contributed by atoms with Gasteiger partial charge in [0.2, 0.25) is 11.8 Å². The van der Waals surface area contributed by atoms with Crippen LogP contribution >= 0.6 is 0 Å². The van der Waals surface area contributed by atoms with Gasteiger partial charge in [-0.15, -0.1) is 0 Å². The SMILES string of the molecule is N[C@@H](Cc1ccccc1)C(=O)N1CCC(C(=O)Nc2ccc(F)cc2)CC1. The van der Waals surface area contributed by atoms with E-state index in [1.165, 1.54) is 24.3 Å². The molecular formula is C21H24FN3O2. The van der Waals surface area contributed by atoms with Gasteiger partial charge in [-0.3, -0.25) is 9.59 Å². The first kappa shape index (κ1) is 19.0. The third-order valence-electron chi connectivity index (χ3n) is 4.90. The van der Waals surface area contributed by atoms with Crippen LogP contribution in [0.2, 0.25) is 0 Å². The molecule has 0 unspecified atom stereocenters. The molecule has 2 aromatic rings. The Morgan fingerprint density at radius 2 is 1.70 bits per heavy atom. The van der Waals surface area contributed by atoms with Crippen molar-refractivity contribution in [3.8, 4) is 0 Å². The summed E-state index contributed by atoms with van der Waals surface area (Å²) in [5, 5.41) is 2.80. The molecular weight excluding hydrogens is 345 g/mol. The van der Waals surface area contributed by atoms with E-state index in [1.54, 1.807) is 4.90 Å². The quantitative estimate of drug-likeness (QED) is 0.851. The van der Waals surface area contributed by atoms with Gasteiger partial charge < -0.3 is 16.0 Å². The zero-order valence-corrected chi connectivity index (χ0v) is 15.1. The number of likely N-dealkylation sites (tertiary alicyclic amines) is 1. The van der Waals surface area contributed by atoms with Gasteiger partial charge in [-0.2, -0.15) is 0 Å². The number of rotatable bonds is 5. The highest BCUT2D eigenvalue weighted by Gasteiger charge is 2.29. The average molecular weight is 369 g/mol. The summed E-state index contributed by atoms with van der Waals surface area (Å²) in [7, 11) is 0. The topological polar surface area (TPSA) is 75.4 Å². The van der Waals surface area contributed by atoms with Crippen molar-refractivity contribution in [2.75, 3.05) is 18.4 Å². The number of carbonyl (C=O) groups is 2. The van der Waals surface area contributed by atoms with E-state index in [4.69, 9.17) is 5.73 Å². The van der Waals surface area contributed by atoms with Crippen molar-refractivity contribution < 1.29 is 14.0 Å². The zero-order chi connectivity index (χ0) is 19.2. The van der Waals surface area contributed by atoms with Crippen LogP contribution in [0.5, 0.6) is 0 Å². The fourth-order valence-corrected chi connectivity index (χ4v) is 3.33. The lowest BCUT2D eigenvalue weighted by atomic mass is 9.95. The van der Waals surface area contributed by atoms with Crippen molar-refractivity contribution in [3.63, 3.8) is 0 Å². The first-order valence-electron chi connectivity index (χ1n) is 9.17. The number of nitrogens with one attached hydrogen (secondary N) is 1. The second kappa shape index (κ2) is 8.77. The monoisotopic (exact) mass is 369 g/mol. The maximum atomic E-state index is 12.9. The minimum Gasteiger partial charge on any atom is -0.341 e. The van der Waals surface area contributed by atoms with E-state index in [2.05, 4.69) is 5.32 Å². The predicted octanol–water partition coefficient (Wildman–Crippen LogP) is 2.57. The van der Waals surface area contributed by atoms with Gasteiger partial charge in [-0.05, 0) is 49.1 Å². The van der Waals surface area contributed by atoms with Crippen LogP contribution < -0.4 is 11.1 Å². The van der Waals surface area contributed by atoms with Gasteiger partial charge in [0.25, 0.3) is 0 Å². The number of halogens is 1. The van der Waals surface area contributed by atoms with E-state index < -0.39 is 6.04 Å². The van der Waals surface area contributed by atoms with Crippen LogP contribution in [0, 0.1) is 11.7 Å². The molecule has 2 amide bonds. The van der Waals surface area contributed by atoms with E-state index >= 15 is 0 Å². The van der Waals surface area contributed by atoms with Gasteiger partial charge >= 0.3 is 0 Å². The summed E-state index contributed by atoms with van der Waals surface area (Å²) in [5.41, 5.74) is 7.70. The highest BCUT2D eigenvalue weighted by molar-refractivity contribution is 5.92. The molecule has 1 fully saturated rings. The number of piperidine rings is 1. The molecule has 3 rings (SSSR count). The molecule has 3 N–H and O–H groups in total. The zero-order valence-electron chi connectivity index (χ0n) is 15.1. The van der Waals surface area contributed by atoms with Crippen LogP contribution in [0.3, 0.4) is 0 Å². The lowest BCUT2D eigenvalue weighted by molar-refractivity contribution is -0.135.